The highest BCUT2D eigenvalue weighted by molar-refractivity contribution is 6.23. The van der Waals surface area contributed by atoms with Crippen LogP contribution >= 0.6 is 0 Å². The lowest BCUT2D eigenvalue weighted by Gasteiger charge is -2.33. The first-order chi connectivity index (χ1) is 33.5. The first kappa shape index (κ1) is 47.4. The summed E-state index contributed by atoms with van der Waals surface area (Å²) in [5.41, 5.74) is 5.60. The maximum atomic E-state index is 15.0. The number of benzene rings is 2. The summed E-state index contributed by atoms with van der Waals surface area (Å²) >= 11 is 0. The molecule has 0 spiro atoms. The zero-order chi connectivity index (χ0) is 48.2. The van der Waals surface area contributed by atoms with E-state index in [1.54, 1.807) is 42.4 Å². The zero-order valence-corrected chi connectivity index (χ0v) is 38.9. The number of hydrogen-bond donors (Lipinski definition) is 4. The van der Waals surface area contributed by atoms with Crippen LogP contribution in [0.15, 0.2) is 42.7 Å². The number of piperidine rings is 1. The van der Waals surface area contributed by atoms with E-state index in [0.717, 1.165) is 79.5 Å². The Labute approximate surface area is 398 Å². The number of ether oxygens (including phenoxy) is 1. The maximum absolute atomic E-state index is 15.0. The highest BCUT2D eigenvalue weighted by Crippen LogP contribution is 2.44. The number of carbonyl (C=O) groups excluding carboxylic acids is 6. The van der Waals surface area contributed by atoms with E-state index in [2.05, 4.69) is 35.9 Å². The van der Waals surface area contributed by atoms with Crippen LogP contribution in [-0.2, 0) is 45.1 Å². The average Bonchev–Trinajstić information content (AvgIpc) is 4.05. The van der Waals surface area contributed by atoms with E-state index in [1.807, 2.05) is 6.07 Å². The quantitative estimate of drug-likeness (QED) is 0.0737. The van der Waals surface area contributed by atoms with Crippen LogP contribution in [-0.4, -0.2) is 117 Å². The topological polar surface area (TPSA) is 205 Å². The summed E-state index contributed by atoms with van der Waals surface area (Å²) in [7, 11) is 1.62. The molecule has 2 aromatic carbocycles. The van der Waals surface area contributed by atoms with Crippen LogP contribution in [0.1, 0.15) is 126 Å². The van der Waals surface area contributed by atoms with Gasteiger partial charge >= 0.3 is 6.03 Å². The summed E-state index contributed by atoms with van der Waals surface area (Å²) < 4.78 is 39.2. The number of aryl methyl sites for hydroxylation is 1. The second kappa shape index (κ2) is 20.9. The van der Waals surface area contributed by atoms with E-state index < -0.39 is 36.1 Å². The van der Waals surface area contributed by atoms with Gasteiger partial charge < -0.3 is 30.5 Å². The summed E-state index contributed by atoms with van der Waals surface area (Å²) in [5.74, 6) is -1.63. The molecule has 9 rings (SSSR count). The monoisotopic (exact) mass is 951 g/mol. The first-order valence-electron chi connectivity index (χ1n) is 24.2. The van der Waals surface area contributed by atoms with Crippen LogP contribution in [0, 0.1) is 0 Å². The highest BCUT2D eigenvalue weighted by atomic mass is 19.3. The molecule has 366 valence electrons. The highest BCUT2D eigenvalue weighted by Gasteiger charge is 2.45. The molecular weight excluding hydrogens is 893 g/mol. The number of imide groups is 2. The van der Waals surface area contributed by atoms with E-state index in [0.29, 0.717) is 87.1 Å². The zero-order valence-electron chi connectivity index (χ0n) is 38.9. The molecule has 18 nitrogen and oxygen atoms in total. The molecule has 7 heterocycles. The van der Waals surface area contributed by atoms with Crippen LogP contribution in [0.5, 0.6) is 0 Å². The van der Waals surface area contributed by atoms with E-state index in [-0.39, 0.29) is 54.1 Å². The number of urea groups is 1. The molecule has 2 saturated heterocycles. The smallest absolute Gasteiger partial charge is 0.317 e. The van der Waals surface area contributed by atoms with E-state index in [1.165, 1.54) is 10.9 Å². The fraction of sp³-hybridized carbons (Fsp3) is 0.510. The Morgan fingerprint density at radius 1 is 0.884 bits per heavy atom. The number of carbonyl (C=O) groups is 6. The molecule has 5 aliphatic rings. The third-order valence-corrected chi connectivity index (χ3v) is 13.9. The van der Waals surface area contributed by atoms with Gasteiger partial charge in [-0.05, 0) is 86.4 Å². The van der Waals surface area contributed by atoms with Crippen molar-refractivity contribution >= 4 is 52.8 Å². The number of hydrogen-bond acceptors (Lipinski definition) is 11. The largest absolute Gasteiger partial charge is 0.385 e. The van der Waals surface area contributed by atoms with Crippen molar-refractivity contribution in [2.24, 2.45) is 0 Å². The first-order valence-corrected chi connectivity index (χ1v) is 24.2. The summed E-state index contributed by atoms with van der Waals surface area (Å²) in [6.07, 6.45) is 9.99. The van der Waals surface area contributed by atoms with Gasteiger partial charge in [0.2, 0.25) is 17.7 Å². The normalized spacial score (nSPS) is 18.3. The van der Waals surface area contributed by atoms with Gasteiger partial charge in [-0.25, -0.2) is 13.6 Å². The van der Waals surface area contributed by atoms with Gasteiger partial charge in [0.25, 0.3) is 18.2 Å². The lowest BCUT2D eigenvalue weighted by molar-refractivity contribution is -0.136. The number of rotatable bonds is 17. The number of alkyl halides is 2. The molecule has 5 aliphatic heterocycles. The Morgan fingerprint density at radius 3 is 2.42 bits per heavy atom. The molecule has 20 heteroatoms. The lowest BCUT2D eigenvalue weighted by Crippen LogP contribution is -2.54. The van der Waals surface area contributed by atoms with Crippen molar-refractivity contribution < 1.29 is 42.3 Å². The minimum atomic E-state index is -2.77. The second-order valence-corrected chi connectivity index (χ2v) is 18.4. The number of aromatic nitrogens is 4. The van der Waals surface area contributed by atoms with Gasteiger partial charge in [0.1, 0.15) is 12.6 Å². The van der Waals surface area contributed by atoms with Crippen LogP contribution < -0.4 is 26.2 Å². The average molecular weight is 952 g/mol. The molecule has 0 bridgehead atoms. The van der Waals surface area contributed by atoms with Gasteiger partial charge in [0, 0.05) is 99.2 Å². The molecular formula is C49H59F2N11O7. The standard InChI is InChI=1S/C49H59F2N11O7/c1-52-49(68)58-20-14-39-38(28-58)45(57-62(39)33-15-21-69-22-16-33)60-19-8-9-30-23-35(36(44(50)51)25-41(30)60)31-26-55-59(27-31)29-43(64)54-18-7-5-3-2-4-6-17-53-32-10-11-34-37(24-32)48(67)61(47(34)66)40-12-13-42(63)56-46(40)65/h10-11,23-27,33,40,44,53H,2-9,12-22,28-29H2,1H3,(H,52,68)(H,54,64)(H,56,63,65). The fourth-order valence-electron chi connectivity index (χ4n) is 10.3. The summed E-state index contributed by atoms with van der Waals surface area (Å²) in [4.78, 5) is 80.4. The number of amides is 7. The molecule has 2 aromatic heterocycles. The van der Waals surface area contributed by atoms with E-state index in [4.69, 9.17) is 9.84 Å². The molecule has 7 amide bonds. The van der Waals surface area contributed by atoms with Gasteiger partial charge in [-0.2, -0.15) is 10.2 Å². The second-order valence-electron chi connectivity index (χ2n) is 18.4. The number of anilines is 3. The number of nitrogens with zero attached hydrogens (tertiary/aromatic N) is 7. The molecule has 0 aliphatic carbocycles. The number of fused-ring (bicyclic) bond motifs is 3. The molecule has 2 fully saturated rings. The van der Waals surface area contributed by atoms with Crippen molar-refractivity contribution in [3.63, 3.8) is 0 Å². The van der Waals surface area contributed by atoms with Crippen molar-refractivity contribution in [3.8, 4) is 11.1 Å². The Bertz CT molecular complexity index is 2620. The van der Waals surface area contributed by atoms with E-state index in [9.17, 15) is 37.5 Å². The van der Waals surface area contributed by atoms with E-state index >= 15 is 0 Å². The Morgan fingerprint density at radius 2 is 1.65 bits per heavy atom. The molecule has 1 unspecified atom stereocenters. The predicted octanol–water partition coefficient (Wildman–Crippen LogP) is 5.79. The Hall–Kier alpha value is -6.70. The predicted molar refractivity (Wildman–Crippen MR) is 250 cm³/mol. The van der Waals surface area contributed by atoms with Crippen molar-refractivity contribution in [1.29, 1.82) is 0 Å². The van der Waals surface area contributed by atoms with Crippen LogP contribution in [0.2, 0.25) is 0 Å². The molecule has 0 radical (unpaired) electrons. The molecule has 4 aromatic rings. The Kier molecular flexibility index (Phi) is 14.3. The molecule has 69 heavy (non-hydrogen) atoms. The van der Waals surface area contributed by atoms with Gasteiger partial charge in [-0.15, -0.1) is 0 Å². The Balaban J connectivity index is 0.735. The van der Waals surface area contributed by atoms with Crippen molar-refractivity contribution in [2.45, 2.75) is 115 Å². The summed E-state index contributed by atoms with van der Waals surface area (Å²) in [6, 6.07) is 7.38. The minimum absolute atomic E-state index is 0.0452. The molecule has 1 atom stereocenters. The number of halogens is 2. The van der Waals surface area contributed by atoms with Crippen molar-refractivity contribution in [1.82, 2.24) is 45.3 Å². The third kappa shape index (κ3) is 10.1. The fourth-order valence-corrected chi connectivity index (χ4v) is 10.3. The van der Waals surface area contributed by atoms with Crippen molar-refractivity contribution in [2.75, 3.05) is 56.7 Å². The summed E-state index contributed by atoms with van der Waals surface area (Å²) in [6.45, 7) is 3.97. The number of nitrogens with one attached hydrogen (secondary N) is 4. The molecule has 4 N–H and O–H groups in total. The van der Waals surface area contributed by atoms with Crippen LogP contribution in [0.4, 0.5) is 30.8 Å². The SMILES string of the molecule is CNC(=O)N1CCc2c(c(N3CCCc4cc(-c5cnn(CC(=O)NCCCCCCCCNc6ccc7c(c6)C(=O)N(C6CCC(=O)NC6=O)C7=O)c5)c(C(F)F)cc43)nn2C2CCOCC2)C1. The molecule has 0 saturated carbocycles. The minimum Gasteiger partial charge on any atom is -0.385 e. The van der Waals surface area contributed by atoms with Gasteiger partial charge in [-0.1, -0.05) is 25.7 Å². The lowest BCUT2D eigenvalue weighted by atomic mass is 9.92. The van der Waals surface area contributed by atoms with Gasteiger partial charge in [-0.3, -0.25) is 43.6 Å². The van der Waals surface area contributed by atoms with Crippen LogP contribution in [0.25, 0.3) is 11.1 Å². The van der Waals surface area contributed by atoms with Gasteiger partial charge in [0.05, 0.1) is 29.9 Å². The summed E-state index contributed by atoms with van der Waals surface area (Å²) in [5, 5.41) is 20.8. The maximum Gasteiger partial charge on any atom is 0.317 e. The van der Waals surface area contributed by atoms with Crippen LogP contribution in [0.3, 0.4) is 0 Å². The number of unbranched alkanes of at least 4 members (excludes halogenated alkanes) is 5. The van der Waals surface area contributed by atoms with Gasteiger partial charge in [0.15, 0.2) is 5.82 Å². The third-order valence-electron chi connectivity index (χ3n) is 13.9. The van der Waals surface area contributed by atoms with Crippen molar-refractivity contribution in [3.05, 3.63) is 76.2 Å².